The second-order valence-electron chi connectivity index (χ2n) is 5.94. The van der Waals surface area contributed by atoms with Crippen LogP contribution in [0.5, 0.6) is 0 Å². The van der Waals surface area contributed by atoms with Crippen molar-refractivity contribution in [2.24, 2.45) is 29.6 Å². The first kappa shape index (κ1) is 11.1. The minimum Gasteiger partial charge on any atom is -0.462 e. The van der Waals surface area contributed by atoms with Gasteiger partial charge in [0.2, 0.25) is 0 Å². The third kappa shape index (κ3) is 1.74. The molecule has 2 nitrogen and oxygen atoms in total. The van der Waals surface area contributed by atoms with Crippen LogP contribution in [-0.4, -0.2) is 12.6 Å². The van der Waals surface area contributed by atoms with E-state index >= 15 is 0 Å². The maximum absolute atomic E-state index is 11.4. The third-order valence-corrected chi connectivity index (χ3v) is 4.92. The Balaban J connectivity index is 1.58. The molecule has 0 amide bonds. The summed E-state index contributed by atoms with van der Waals surface area (Å²) in [7, 11) is 0. The van der Waals surface area contributed by atoms with Crippen LogP contribution >= 0.6 is 0 Å². The Hall–Kier alpha value is -1.05. The fourth-order valence-corrected chi connectivity index (χ4v) is 4.20. The zero-order valence-corrected chi connectivity index (χ0v) is 10.4. The third-order valence-electron chi connectivity index (χ3n) is 4.92. The molecule has 0 aromatic heterocycles. The summed E-state index contributed by atoms with van der Waals surface area (Å²) in [6, 6.07) is 0. The SMILES string of the molecule is C=C(C)C(=O)OCC1CC2CC1C1CC=CC21. The number of hydrogen-bond donors (Lipinski definition) is 0. The van der Waals surface area contributed by atoms with E-state index in [1.54, 1.807) is 6.92 Å². The minimum absolute atomic E-state index is 0.228. The van der Waals surface area contributed by atoms with Crippen molar-refractivity contribution in [3.63, 3.8) is 0 Å². The van der Waals surface area contributed by atoms with E-state index in [9.17, 15) is 4.79 Å². The summed E-state index contributed by atoms with van der Waals surface area (Å²) >= 11 is 0. The van der Waals surface area contributed by atoms with Gasteiger partial charge in [0.15, 0.2) is 0 Å². The van der Waals surface area contributed by atoms with Crippen molar-refractivity contribution in [2.45, 2.75) is 26.2 Å². The lowest BCUT2D eigenvalue weighted by atomic mass is 9.76. The van der Waals surface area contributed by atoms with Gasteiger partial charge >= 0.3 is 5.97 Å². The molecule has 3 aliphatic rings. The highest BCUT2D eigenvalue weighted by Crippen LogP contribution is 2.58. The van der Waals surface area contributed by atoms with E-state index in [1.807, 2.05) is 0 Å². The van der Waals surface area contributed by atoms with Gasteiger partial charge in [0.1, 0.15) is 0 Å². The van der Waals surface area contributed by atoms with Crippen LogP contribution in [0.2, 0.25) is 0 Å². The highest BCUT2D eigenvalue weighted by Gasteiger charge is 2.52. The van der Waals surface area contributed by atoms with Crippen molar-refractivity contribution in [3.05, 3.63) is 24.3 Å². The number of allylic oxidation sites excluding steroid dienone is 2. The Morgan fingerprint density at radius 3 is 3.00 bits per heavy atom. The van der Waals surface area contributed by atoms with Crippen molar-refractivity contribution in [2.75, 3.05) is 6.61 Å². The molecule has 0 radical (unpaired) electrons. The Kier molecular flexibility index (Phi) is 2.61. The first-order valence-corrected chi connectivity index (χ1v) is 6.66. The molecule has 92 valence electrons. The lowest BCUT2D eigenvalue weighted by Gasteiger charge is -2.31. The Morgan fingerprint density at radius 1 is 1.41 bits per heavy atom. The summed E-state index contributed by atoms with van der Waals surface area (Å²) in [6.07, 6.45) is 8.62. The first-order valence-electron chi connectivity index (χ1n) is 6.66. The van der Waals surface area contributed by atoms with Crippen molar-refractivity contribution in [1.82, 2.24) is 0 Å². The van der Waals surface area contributed by atoms with E-state index in [0.29, 0.717) is 18.1 Å². The van der Waals surface area contributed by atoms with Crippen LogP contribution in [0.4, 0.5) is 0 Å². The van der Waals surface area contributed by atoms with E-state index in [0.717, 1.165) is 23.7 Å². The molecule has 0 spiro atoms. The van der Waals surface area contributed by atoms with E-state index < -0.39 is 0 Å². The molecule has 2 fully saturated rings. The summed E-state index contributed by atoms with van der Waals surface area (Å²) in [5.74, 6) is 3.71. The van der Waals surface area contributed by atoms with Gasteiger partial charge in [0.05, 0.1) is 6.61 Å². The lowest BCUT2D eigenvalue weighted by Crippen LogP contribution is -2.28. The molecule has 17 heavy (non-hydrogen) atoms. The molecule has 0 N–H and O–H groups in total. The standard InChI is InChI=1S/C15H20O2/c1-9(2)15(16)17-8-11-6-10-7-14(11)13-5-3-4-12(10)13/h3-4,10-14H,1,5-8H2,2H3. The monoisotopic (exact) mass is 232 g/mol. The van der Waals surface area contributed by atoms with Gasteiger partial charge < -0.3 is 4.74 Å². The predicted molar refractivity (Wildman–Crippen MR) is 66.2 cm³/mol. The largest absolute Gasteiger partial charge is 0.462 e. The molecule has 2 heteroatoms. The lowest BCUT2D eigenvalue weighted by molar-refractivity contribution is -0.141. The van der Waals surface area contributed by atoms with Crippen LogP contribution < -0.4 is 0 Å². The Morgan fingerprint density at radius 2 is 2.24 bits per heavy atom. The van der Waals surface area contributed by atoms with Crippen molar-refractivity contribution in [1.29, 1.82) is 0 Å². The van der Waals surface area contributed by atoms with Crippen LogP contribution in [-0.2, 0) is 9.53 Å². The van der Waals surface area contributed by atoms with Crippen LogP contribution in [0, 0.1) is 29.6 Å². The number of ether oxygens (including phenoxy) is 1. The Labute approximate surface area is 103 Å². The molecule has 0 saturated heterocycles. The molecule has 3 aliphatic carbocycles. The Bertz CT molecular complexity index is 382. The molecule has 0 aromatic rings. The molecule has 2 saturated carbocycles. The van der Waals surface area contributed by atoms with E-state index in [1.165, 1.54) is 19.3 Å². The normalized spacial score (nSPS) is 41.6. The average Bonchev–Trinajstić information content (AvgIpc) is 2.96. The fourth-order valence-electron chi connectivity index (χ4n) is 4.20. The molecule has 2 bridgehead atoms. The van der Waals surface area contributed by atoms with Gasteiger partial charge in [-0.1, -0.05) is 18.7 Å². The molecule has 5 atom stereocenters. The summed E-state index contributed by atoms with van der Waals surface area (Å²) in [4.78, 5) is 11.4. The van der Waals surface area contributed by atoms with Gasteiger partial charge in [-0.15, -0.1) is 0 Å². The number of fused-ring (bicyclic) bond motifs is 5. The summed E-state index contributed by atoms with van der Waals surface area (Å²) in [5.41, 5.74) is 0.508. The molecular formula is C15H20O2. The molecular weight excluding hydrogens is 212 g/mol. The zero-order chi connectivity index (χ0) is 12.0. The molecule has 0 aliphatic heterocycles. The second-order valence-corrected chi connectivity index (χ2v) is 5.94. The van der Waals surface area contributed by atoms with Crippen molar-refractivity contribution < 1.29 is 9.53 Å². The van der Waals surface area contributed by atoms with Crippen LogP contribution in [0.15, 0.2) is 24.3 Å². The summed E-state index contributed by atoms with van der Waals surface area (Å²) in [6.45, 7) is 5.93. The van der Waals surface area contributed by atoms with Crippen molar-refractivity contribution >= 4 is 5.97 Å². The van der Waals surface area contributed by atoms with E-state index in [-0.39, 0.29) is 5.97 Å². The van der Waals surface area contributed by atoms with Gasteiger partial charge in [0, 0.05) is 5.57 Å². The van der Waals surface area contributed by atoms with Crippen LogP contribution in [0.25, 0.3) is 0 Å². The van der Waals surface area contributed by atoms with E-state index in [2.05, 4.69) is 18.7 Å². The maximum atomic E-state index is 11.4. The average molecular weight is 232 g/mol. The number of carbonyl (C=O) groups excluding carboxylic acids is 1. The van der Waals surface area contributed by atoms with Crippen molar-refractivity contribution in [3.8, 4) is 0 Å². The second kappa shape index (κ2) is 4.01. The quantitative estimate of drug-likeness (QED) is 0.425. The minimum atomic E-state index is -0.228. The number of carbonyl (C=O) groups is 1. The molecule has 0 aromatic carbocycles. The predicted octanol–water partition coefficient (Wildman–Crippen LogP) is 2.95. The topological polar surface area (TPSA) is 26.3 Å². The van der Waals surface area contributed by atoms with Gasteiger partial charge in [-0.3, -0.25) is 0 Å². The highest BCUT2D eigenvalue weighted by molar-refractivity contribution is 5.86. The van der Waals surface area contributed by atoms with Gasteiger partial charge in [-0.2, -0.15) is 0 Å². The van der Waals surface area contributed by atoms with Crippen LogP contribution in [0.1, 0.15) is 26.2 Å². The van der Waals surface area contributed by atoms with Gasteiger partial charge in [0.25, 0.3) is 0 Å². The molecule has 3 rings (SSSR count). The number of esters is 1. The van der Waals surface area contributed by atoms with E-state index in [4.69, 9.17) is 4.74 Å². The molecule has 0 heterocycles. The summed E-state index contributed by atoms with van der Waals surface area (Å²) < 4.78 is 5.33. The van der Waals surface area contributed by atoms with Gasteiger partial charge in [-0.05, 0) is 55.8 Å². The van der Waals surface area contributed by atoms with Crippen LogP contribution in [0.3, 0.4) is 0 Å². The fraction of sp³-hybridized carbons (Fsp3) is 0.667. The number of hydrogen-bond acceptors (Lipinski definition) is 2. The maximum Gasteiger partial charge on any atom is 0.333 e. The highest BCUT2D eigenvalue weighted by atomic mass is 16.5. The number of rotatable bonds is 3. The first-order chi connectivity index (χ1) is 8.16. The summed E-state index contributed by atoms with van der Waals surface area (Å²) in [5, 5.41) is 0. The molecule has 5 unspecified atom stereocenters. The van der Waals surface area contributed by atoms with Gasteiger partial charge in [-0.25, -0.2) is 4.79 Å². The smallest absolute Gasteiger partial charge is 0.333 e. The zero-order valence-electron chi connectivity index (χ0n) is 10.4.